The molecule has 0 atom stereocenters. The smallest absolute Gasteiger partial charge is 0.360 e. The Labute approximate surface area is 93.5 Å². The van der Waals surface area contributed by atoms with Gasteiger partial charge in [-0.3, -0.25) is 4.68 Å². The average Bonchev–Trinajstić information content (AvgIpc) is 2.75. The predicted molar refractivity (Wildman–Crippen MR) is 56.8 cm³/mol. The maximum atomic E-state index is 11.3. The first kappa shape index (κ1) is 12.4. The van der Waals surface area contributed by atoms with Crippen molar-refractivity contribution in [1.29, 1.82) is 0 Å². The largest absolute Gasteiger partial charge is 0.457 e. The fraction of sp³-hybridized carbons (Fsp3) is 0.500. The van der Waals surface area contributed by atoms with Gasteiger partial charge >= 0.3 is 5.97 Å². The molecule has 0 aliphatic heterocycles. The lowest BCUT2D eigenvalue weighted by Gasteiger charge is -1.97. The number of esters is 1. The van der Waals surface area contributed by atoms with Crippen molar-refractivity contribution in [2.24, 2.45) is 0 Å². The monoisotopic (exact) mass is 225 g/mol. The van der Waals surface area contributed by atoms with Crippen LogP contribution in [0.3, 0.4) is 0 Å². The quantitative estimate of drug-likeness (QED) is 0.412. The number of aryl methyl sites for hydroxylation is 1. The number of aliphatic hydroxyl groups excluding tert-OH is 1. The highest BCUT2D eigenvalue weighted by molar-refractivity contribution is 5.86. The second kappa shape index (κ2) is 6.73. The summed E-state index contributed by atoms with van der Waals surface area (Å²) in [6, 6.07) is 0. The number of rotatable bonds is 7. The van der Waals surface area contributed by atoms with Crippen LogP contribution in [0.1, 0.15) is 23.3 Å². The third-order valence-corrected chi connectivity index (χ3v) is 1.88. The van der Waals surface area contributed by atoms with Gasteiger partial charge in [0.1, 0.15) is 6.61 Å². The SMILES string of the molecule is C=CCOC(=O)c1cn(CCCCO)nn1. The van der Waals surface area contributed by atoms with Crippen molar-refractivity contribution in [1.82, 2.24) is 15.0 Å². The molecule has 0 unspecified atom stereocenters. The van der Waals surface area contributed by atoms with Crippen LogP contribution in [0.15, 0.2) is 18.9 Å². The summed E-state index contributed by atoms with van der Waals surface area (Å²) >= 11 is 0. The van der Waals surface area contributed by atoms with E-state index in [9.17, 15) is 4.79 Å². The highest BCUT2D eigenvalue weighted by atomic mass is 16.5. The molecule has 0 aliphatic rings. The number of nitrogens with zero attached hydrogens (tertiary/aromatic N) is 3. The normalized spacial score (nSPS) is 10.1. The van der Waals surface area contributed by atoms with E-state index in [0.29, 0.717) is 13.0 Å². The molecule has 16 heavy (non-hydrogen) atoms. The molecular weight excluding hydrogens is 210 g/mol. The maximum Gasteiger partial charge on any atom is 0.360 e. The highest BCUT2D eigenvalue weighted by Gasteiger charge is 2.11. The molecule has 1 aromatic rings. The topological polar surface area (TPSA) is 77.2 Å². The van der Waals surface area contributed by atoms with Crippen LogP contribution in [0.4, 0.5) is 0 Å². The van der Waals surface area contributed by atoms with Crippen LogP contribution in [0.5, 0.6) is 0 Å². The minimum absolute atomic E-state index is 0.156. The molecule has 0 fully saturated rings. The Hall–Kier alpha value is -1.69. The van der Waals surface area contributed by atoms with E-state index in [0.717, 1.165) is 6.42 Å². The summed E-state index contributed by atoms with van der Waals surface area (Å²) < 4.78 is 6.36. The second-order valence-corrected chi connectivity index (χ2v) is 3.18. The molecule has 0 aromatic carbocycles. The molecule has 0 radical (unpaired) electrons. The minimum Gasteiger partial charge on any atom is -0.457 e. The van der Waals surface area contributed by atoms with Gasteiger partial charge in [0.05, 0.1) is 6.20 Å². The van der Waals surface area contributed by atoms with Gasteiger partial charge in [0.15, 0.2) is 5.69 Å². The third-order valence-electron chi connectivity index (χ3n) is 1.88. The number of hydrogen-bond donors (Lipinski definition) is 1. The van der Waals surface area contributed by atoms with E-state index >= 15 is 0 Å². The van der Waals surface area contributed by atoms with E-state index in [2.05, 4.69) is 16.9 Å². The number of carbonyl (C=O) groups excluding carboxylic acids is 1. The van der Waals surface area contributed by atoms with Gasteiger partial charge in [0, 0.05) is 13.2 Å². The van der Waals surface area contributed by atoms with E-state index < -0.39 is 5.97 Å². The van der Waals surface area contributed by atoms with Crippen LogP contribution < -0.4 is 0 Å². The summed E-state index contributed by atoms with van der Waals surface area (Å²) in [5.74, 6) is -0.506. The molecule has 0 saturated carbocycles. The Morgan fingerprint density at radius 2 is 2.44 bits per heavy atom. The molecule has 88 valence electrons. The van der Waals surface area contributed by atoms with Crippen molar-refractivity contribution in [2.75, 3.05) is 13.2 Å². The molecule has 6 nitrogen and oxygen atoms in total. The van der Waals surface area contributed by atoms with Crippen molar-refractivity contribution in [3.05, 3.63) is 24.5 Å². The molecule has 1 aromatic heterocycles. The predicted octanol–water partition coefficient (Wildman–Crippen LogP) is 0.393. The lowest BCUT2D eigenvalue weighted by molar-refractivity contribution is 0.0542. The lowest BCUT2D eigenvalue weighted by atomic mass is 10.3. The number of aliphatic hydroxyl groups is 1. The molecule has 0 saturated heterocycles. The molecule has 0 spiro atoms. The number of hydrogen-bond acceptors (Lipinski definition) is 5. The number of carbonyl (C=O) groups is 1. The Kier molecular flexibility index (Phi) is 5.21. The van der Waals surface area contributed by atoms with E-state index in [1.165, 1.54) is 12.3 Å². The molecular formula is C10H15N3O3. The van der Waals surface area contributed by atoms with E-state index in [1.807, 2.05) is 0 Å². The highest BCUT2D eigenvalue weighted by Crippen LogP contribution is 1.99. The van der Waals surface area contributed by atoms with Crippen LogP contribution in [0.2, 0.25) is 0 Å². The van der Waals surface area contributed by atoms with Gasteiger partial charge in [-0.2, -0.15) is 0 Å². The van der Waals surface area contributed by atoms with Gasteiger partial charge in [-0.25, -0.2) is 4.79 Å². The third kappa shape index (κ3) is 3.82. The van der Waals surface area contributed by atoms with Crippen molar-refractivity contribution < 1.29 is 14.6 Å². The van der Waals surface area contributed by atoms with Crippen LogP contribution in [0.25, 0.3) is 0 Å². The summed E-state index contributed by atoms with van der Waals surface area (Å²) in [4.78, 5) is 11.3. The van der Waals surface area contributed by atoms with Crippen LogP contribution >= 0.6 is 0 Å². The summed E-state index contributed by atoms with van der Waals surface area (Å²) in [6.07, 6.45) is 4.52. The Bertz CT molecular complexity index is 349. The molecule has 0 amide bonds. The second-order valence-electron chi connectivity index (χ2n) is 3.18. The van der Waals surface area contributed by atoms with Crippen molar-refractivity contribution in [2.45, 2.75) is 19.4 Å². The first-order valence-corrected chi connectivity index (χ1v) is 5.07. The van der Waals surface area contributed by atoms with Gasteiger partial charge in [-0.1, -0.05) is 17.9 Å². The van der Waals surface area contributed by atoms with Gasteiger partial charge in [0.25, 0.3) is 0 Å². The summed E-state index contributed by atoms with van der Waals surface area (Å²) in [6.45, 7) is 4.39. The summed E-state index contributed by atoms with van der Waals surface area (Å²) in [5, 5.41) is 16.1. The summed E-state index contributed by atoms with van der Waals surface area (Å²) in [5.41, 5.74) is 0.186. The Morgan fingerprint density at radius 1 is 1.62 bits per heavy atom. The standard InChI is InChI=1S/C10H15N3O3/c1-2-7-16-10(15)9-8-13(12-11-9)5-3-4-6-14/h2,8,14H,1,3-7H2. The molecule has 1 rings (SSSR count). The van der Waals surface area contributed by atoms with E-state index in [4.69, 9.17) is 9.84 Å². The average molecular weight is 225 g/mol. The molecule has 0 bridgehead atoms. The van der Waals surface area contributed by atoms with Crippen molar-refractivity contribution >= 4 is 5.97 Å². The molecule has 1 heterocycles. The van der Waals surface area contributed by atoms with E-state index in [-0.39, 0.29) is 18.9 Å². The number of ether oxygens (including phenoxy) is 1. The zero-order valence-corrected chi connectivity index (χ0v) is 9.00. The zero-order valence-electron chi connectivity index (χ0n) is 9.00. The van der Waals surface area contributed by atoms with E-state index in [1.54, 1.807) is 4.68 Å². The molecule has 6 heteroatoms. The zero-order chi connectivity index (χ0) is 11.8. The minimum atomic E-state index is -0.506. The maximum absolute atomic E-state index is 11.3. The van der Waals surface area contributed by atoms with Gasteiger partial charge in [-0.05, 0) is 12.8 Å². The number of unbranched alkanes of at least 4 members (excludes halogenated alkanes) is 1. The Balaban J connectivity index is 2.43. The van der Waals surface area contributed by atoms with Gasteiger partial charge < -0.3 is 9.84 Å². The fourth-order valence-corrected chi connectivity index (χ4v) is 1.10. The van der Waals surface area contributed by atoms with Crippen LogP contribution in [0, 0.1) is 0 Å². The number of aromatic nitrogens is 3. The molecule has 0 aliphatic carbocycles. The van der Waals surface area contributed by atoms with Crippen LogP contribution in [-0.4, -0.2) is 39.3 Å². The first-order chi connectivity index (χ1) is 7.77. The lowest BCUT2D eigenvalue weighted by Crippen LogP contribution is -2.05. The Morgan fingerprint density at radius 3 is 3.12 bits per heavy atom. The van der Waals surface area contributed by atoms with Crippen molar-refractivity contribution in [3.8, 4) is 0 Å². The first-order valence-electron chi connectivity index (χ1n) is 5.07. The fourth-order valence-electron chi connectivity index (χ4n) is 1.10. The summed E-state index contributed by atoms with van der Waals surface area (Å²) in [7, 11) is 0. The van der Waals surface area contributed by atoms with Crippen molar-refractivity contribution in [3.63, 3.8) is 0 Å². The van der Waals surface area contributed by atoms with Gasteiger partial charge in [0.2, 0.25) is 0 Å². The van der Waals surface area contributed by atoms with Gasteiger partial charge in [-0.15, -0.1) is 5.10 Å². The van der Waals surface area contributed by atoms with Crippen LogP contribution in [-0.2, 0) is 11.3 Å². The molecule has 1 N–H and O–H groups in total.